The van der Waals surface area contributed by atoms with E-state index in [9.17, 15) is 9.90 Å². The maximum Gasteiger partial charge on any atom is 0.308 e. The zero-order valence-electron chi connectivity index (χ0n) is 19.0. The van der Waals surface area contributed by atoms with Crippen LogP contribution in [0.15, 0.2) is 41.4 Å². The fourth-order valence-corrected chi connectivity index (χ4v) is 6.19. The number of thiophene rings is 2. The summed E-state index contributed by atoms with van der Waals surface area (Å²) < 4.78 is 1.96. The fraction of sp³-hybridized carbons (Fsp3) is 0.240. The molecule has 0 radical (unpaired) electrons. The van der Waals surface area contributed by atoms with E-state index in [0.29, 0.717) is 16.5 Å². The zero-order chi connectivity index (χ0) is 24.1. The molecular formula is C25H21N5O2S2. The van der Waals surface area contributed by atoms with Gasteiger partial charge in [-0.15, -0.1) is 32.9 Å². The minimum absolute atomic E-state index is 0.545. The third-order valence-electron chi connectivity index (χ3n) is 6.21. The lowest BCUT2D eigenvalue weighted by Gasteiger charge is -2.16. The monoisotopic (exact) mass is 487 g/mol. The average molecular weight is 488 g/mol. The van der Waals surface area contributed by atoms with Crippen LogP contribution in [0.5, 0.6) is 0 Å². The van der Waals surface area contributed by atoms with Gasteiger partial charge in [0.1, 0.15) is 27.8 Å². The molecule has 1 N–H and O–H groups in total. The number of carboxylic acids is 1. The second-order valence-corrected chi connectivity index (χ2v) is 10.6. The third-order valence-corrected chi connectivity index (χ3v) is 8.44. The quantitative estimate of drug-likeness (QED) is 0.411. The van der Waals surface area contributed by atoms with Crippen LogP contribution in [0.25, 0.3) is 15.4 Å². The number of aryl methyl sites for hydroxylation is 2. The Hall–Kier alpha value is -3.61. The number of fused-ring (bicyclic) bond motifs is 3. The zero-order valence-corrected chi connectivity index (χ0v) is 20.7. The van der Waals surface area contributed by atoms with Gasteiger partial charge in [0.15, 0.2) is 5.82 Å². The number of rotatable bonds is 4. The Balaban J connectivity index is 1.70. The van der Waals surface area contributed by atoms with Crippen LogP contribution in [-0.4, -0.2) is 31.6 Å². The van der Waals surface area contributed by atoms with Crippen molar-refractivity contribution in [2.75, 3.05) is 0 Å². The minimum Gasteiger partial charge on any atom is -0.481 e. The molecule has 4 aromatic rings. The highest BCUT2D eigenvalue weighted by atomic mass is 32.1. The second-order valence-electron chi connectivity index (χ2n) is 8.31. The van der Waals surface area contributed by atoms with E-state index in [4.69, 9.17) is 10.3 Å². The van der Waals surface area contributed by atoms with Crippen molar-refractivity contribution in [2.45, 2.75) is 33.7 Å². The van der Waals surface area contributed by atoms with E-state index in [1.54, 1.807) is 18.3 Å². The Kier molecular flexibility index (Phi) is 5.42. The summed E-state index contributed by atoms with van der Waals surface area (Å²) in [5.41, 5.74) is 4.79. The first-order chi connectivity index (χ1) is 16.3. The first kappa shape index (κ1) is 22.2. The molecule has 170 valence electrons. The number of aliphatic carboxylic acids is 1. The van der Waals surface area contributed by atoms with Crippen LogP contribution in [0.2, 0.25) is 0 Å². The van der Waals surface area contributed by atoms with Crippen molar-refractivity contribution in [2.24, 2.45) is 10.9 Å². The highest BCUT2D eigenvalue weighted by Crippen LogP contribution is 2.41. The molecule has 0 aliphatic carbocycles. The topological polar surface area (TPSA) is 104 Å². The molecule has 4 heterocycles. The molecule has 1 aliphatic rings. The molecule has 0 saturated carbocycles. The molecule has 0 spiro atoms. The summed E-state index contributed by atoms with van der Waals surface area (Å²) in [6.07, 6.45) is 0. The summed E-state index contributed by atoms with van der Waals surface area (Å²) >= 11 is 3.10. The number of hydrogen-bond acceptors (Lipinski definition) is 7. The highest BCUT2D eigenvalue weighted by molar-refractivity contribution is 7.16. The second kappa shape index (κ2) is 8.31. The maximum absolute atomic E-state index is 12.0. The first-order valence-corrected chi connectivity index (χ1v) is 12.4. The summed E-state index contributed by atoms with van der Waals surface area (Å²) in [5, 5.41) is 28.5. The smallest absolute Gasteiger partial charge is 0.308 e. The van der Waals surface area contributed by atoms with Gasteiger partial charge in [0, 0.05) is 20.9 Å². The molecule has 34 heavy (non-hydrogen) atoms. The van der Waals surface area contributed by atoms with Crippen molar-refractivity contribution in [1.82, 2.24) is 14.8 Å². The number of carboxylic acid groups (broad SMARTS) is 1. The Bertz CT molecular complexity index is 1500. The molecule has 5 rings (SSSR count). The standard InChI is InChI=1S/C25H21N5O2S2/c1-12-14(3)33-24-20(12)22(17-7-5-16(6-8-17)19-10-9-18(11-26)34-19)27-21(13(2)25(31)32)23-29-28-15(4)30(23)24/h5-10,13,21H,1-4H3,(H,31,32)/t13?,21-/m0/s1. The molecule has 0 fully saturated rings. The van der Waals surface area contributed by atoms with Crippen molar-refractivity contribution >= 4 is 34.4 Å². The SMILES string of the molecule is Cc1sc2c(c1C)C(c1ccc(-c3ccc(C#N)s3)cc1)=N[C@@H](C(C)C(=O)O)c1nnc(C)n1-2. The molecule has 0 amide bonds. The van der Waals surface area contributed by atoms with Crippen LogP contribution in [0.3, 0.4) is 0 Å². The molecule has 1 aromatic carbocycles. The number of aromatic nitrogens is 3. The summed E-state index contributed by atoms with van der Waals surface area (Å²) in [5.74, 6) is -0.454. The summed E-state index contributed by atoms with van der Waals surface area (Å²) in [6.45, 7) is 7.69. The summed E-state index contributed by atoms with van der Waals surface area (Å²) in [4.78, 5) is 19.9. The van der Waals surface area contributed by atoms with Crippen molar-refractivity contribution in [3.05, 3.63) is 74.5 Å². The number of aliphatic imine (C=N–C) groups is 1. The van der Waals surface area contributed by atoms with Gasteiger partial charge >= 0.3 is 5.97 Å². The van der Waals surface area contributed by atoms with Gasteiger partial charge in [-0.3, -0.25) is 14.4 Å². The van der Waals surface area contributed by atoms with E-state index in [1.807, 2.05) is 47.9 Å². The van der Waals surface area contributed by atoms with Crippen molar-refractivity contribution in [3.63, 3.8) is 0 Å². The number of benzene rings is 1. The highest BCUT2D eigenvalue weighted by Gasteiger charge is 2.36. The lowest BCUT2D eigenvalue weighted by atomic mass is 9.97. The van der Waals surface area contributed by atoms with Gasteiger partial charge in [0.05, 0.1) is 11.6 Å². The molecule has 0 bridgehead atoms. The van der Waals surface area contributed by atoms with E-state index in [2.05, 4.69) is 30.1 Å². The van der Waals surface area contributed by atoms with Gasteiger partial charge < -0.3 is 5.11 Å². The fourth-order valence-electron chi connectivity index (χ4n) is 4.16. The van der Waals surface area contributed by atoms with E-state index in [-0.39, 0.29) is 0 Å². The van der Waals surface area contributed by atoms with Crippen LogP contribution in [0.1, 0.15) is 51.1 Å². The van der Waals surface area contributed by atoms with Gasteiger partial charge in [0.25, 0.3) is 0 Å². The lowest BCUT2D eigenvalue weighted by Crippen LogP contribution is -2.21. The van der Waals surface area contributed by atoms with Crippen LogP contribution in [0.4, 0.5) is 0 Å². The largest absolute Gasteiger partial charge is 0.481 e. The third kappa shape index (κ3) is 3.47. The van der Waals surface area contributed by atoms with E-state index in [1.165, 1.54) is 16.2 Å². The van der Waals surface area contributed by atoms with Crippen LogP contribution in [-0.2, 0) is 4.79 Å². The number of nitrogens with zero attached hydrogens (tertiary/aromatic N) is 5. The maximum atomic E-state index is 12.0. The van der Waals surface area contributed by atoms with E-state index in [0.717, 1.165) is 37.8 Å². The predicted octanol–water partition coefficient (Wildman–Crippen LogP) is 5.47. The van der Waals surface area contributed by atoms with Crippen molar-refractivity contribution < 1.29 is 9.90 Å². The normalized spacial score (nSPS) is 15.6. The Morgan fingerprint density at radius 1 is 1.09 bits per heavy atom. The molecule has 3 aromatic heterocycles. The van der Waals surface area contributed by atoms with Gasteiger partial charge in [0.2, 0.25) is 0 Å². The number of hydrogen-bond donors (Lipinski definition) is 1. The van der Waals surface area contributed by atoms with E-state index >= 15 is 0 Å². The molecular weight excluding hydrogens is 466 g/mol. The molecule has 7 nitrogen and oxygen atoms in total. The Morgan fingerprint density at radius 3 is 2.44 bits per heavy atom. The molecule has 0 saturated heterocycles. The molecule has 1 unspecified atom stereocenters. The van der Waals surface area contributed by atoms with E-state index < -0.39 is 17.9 Å². The average Bonchev–Trinajstić information content (AvgIpc) is 3.50. The van der Waals surface area contributed by atoms with Gasteiger partial charge in [-0.2, -0.15) is 5.26 Å². The predicted molar refractivity (Wildman–Crippen MR) is 133 cm³/mol. The Morgan fingerprint density at radius 2 is 1.79 bits per heavy atom. The lowest BCUT2D eigenvalue weighted by molar-refractivity contribution is -0.141. The summed E-state index contributed by atoms with van der Waals surface area (Å²) in [6, 6.07) is 13.3. The van der Waals surface area contributed by atoms with Gasteiger partial charge in [-0.25, -0.2) is 0 Å². The van der Waals surface area contributed by atoms with Crippen LogP contribution >= 0.6 is 22.7 Å². The Labute approximate surface area is 204 Å². The first-order valence-electron chi connectivity index (χ1n) is 10.7. The number of nitriles is 1. The van der Waals surface area contributed by atoms with Crippen molar-refractivity contribution in [1.29, 1.82) is 5.26 Å². The van der Waals surface area contributed by atoms with Gasteiger partial charge in [-0.05, 0) is 51.0 Å². The molecule has 1 aliphatic heterocycles. The summed E-state index contributed by atoms with van der Waals surface area (Å²) in [7, 11) is 0. The number of carbonyl (C=O) groups is 1. The molecule has 9 heteroatoms. The van der Waals surface area contributed by atoms with Crippen LogP contribution < -0.4 is 0 Å². The minimum atomic E-state index is -0.931. The van der Waals surface area contributed by atoms with Gasteiger partial charge in [-0.1, -0.05) is 24.3 Å². The van der Waals surface area contributed by atoms with Crippen molar-refractivity contribution in [3.8, 4) is 21.5 Å². The van der Waals surface area contributed by atoms with Crippen LogP contribution in [0, 0.1) is 38.0 Å². The molecule has 2 atom stereocenters.